The fourth-order valence-corrected chi connectivity index (χ4v) is 2.26. The van der Waals surface area contributed by atoms with Crippen LogP contribution in [0.25, 0.3) is 0 Å². The molecule has 0 unspecified atom stereocenters. The molecule has 0 aromatic heterocycles. The minimum absolute atomic E-state index is 0.0511. The van der Waals surface area contributed by atoms with Crippen molar-refractivity contribution in [2.24, 2.45) is 0 Å². The molecule has 0 radical (unpaired) electrons. The second-order valence-electron chi connectivity index (χ2n) is 5.45. The third-order valence-corrected chi connectivity index (χ3v) is 3.50. The first-order chi connectivity index (χ1) is 10.4. The van der Waals surface area contributed by atoms with E-state index in [0.29, 0.717) is 5.56 Å². The molecule has 2 aromatic carbocycles. The van der Waals surface area contributed by atoms with Gasteiger partial charge in [-0.15, -0.1) is 0 Å². The van der Waals surface area contributed by atoms with Crippen molar-refractivity contribution in [2.45, 2.75) is 26.7 Å². The van der Waals surface area contributed by atoms with E-state index in [9.17, 15) is 14.9 Å². The predicted octanol–water partition coefficient (Wildman–Crippen LogP) is 4.28. The zero-order valence-corrected chi connectivity index (χ0v) is 12.8. The number of nitrogens with one attached hydrogen (secondary N) is 1. The number of anilines is 1. The maximum absolute atomic E-state index is 12.3. The quantitative estimate of drug-likeness (QED) is 0.676. The number of hydrogen-bond donors (Lipinski definition) is 1. The summed E-state index contributed by atoms with van der Waals surface area (Å²) < 4.78 is 0. The maximum atomic E-state index is 12.3. The molecule has 0 bridgehead atoms. The molecular weight excluding hydrogens is 280 g/mol. The summed E-state index contributed by atoms with van der Waals surface area (Å²) in [6.07, 6.45) is 0. The van der Waals surface area contributed by atoms with Crippen molar-refractivity contribution in [3.63, 3.8) is 0 Å². The minimum atomic E-state index is -0.478. The summed E-state index contributed by atoms with van der Waals surface area (Å²) >= 11 is 0. The van der Waals surface area contributed by atoms with Gasteiger partial charge in [0.2, 0.25) is 0 Å². The summed E-state index contributed by atoms with van der Waals surface area (Å²) in [5, 5.41) is 13.8. The topological polar surface area (TPSA) is 72.2 Å². The molecule has 1 amide bonds. The minimum Gasteiger partial charge on any atom is -0.322 e. The number of para-hydroxylation sites is 1. The average molecular weight is 298 g/mol. The van der Waals surface area contributed by atoms with Gasteiger partial charge in [0.05, 0.1) is 4.92 Å². The fourth-order valence-electron chi connectivity index (χ4n) is 2.26. The Hall–Kier alpha value is -2.69. The van der Waals surface area contributed by atoms with Crippen LogP contribution in [0.5, 0.6) is 0 Å². The van der Waals surface area contributed by atoms with Crippen LogP contribution >= 0.6 is 0 Å². The van der Waals surface area contributed by atoms with Crippen molar-refractivity contribution in [3.05, 3.63) is 69.3 Å². The molecule has 0 saturated heterocycles. The van der Waals surface area contributed by atoms with Gasteiger partial charge in [0.15, 0.2) is 0 Å². The van der Waals surface area contributed by atoms with Crippen molar-refractivity contribution in [3.8, 4) is 0 Å². The van der Waals surface area contributed by atoms with E-state index in [2.05, 4.69) is 5.32 Å². The van der Waals surface area contributed by atoms with Gasteiger partial charge >= 0.3 is 0 Å². The Balaban J connectivity index is 2.31. The molecule has 5 nitrogen and oxygen atoms in total. The van der Waals surface area contributed by atoms with Crippen LogP contribution in [0.2, 0.25) is 0 Å². The van der Waals surface area contributed by atoms with Crippen LogP contribution in [0.1, 0.15) is 41.3 Å². The van der Waals surface area contributed by atoms with E-state index in [4.69, 9.17) is 0 Å². The summed E-state index contributed by atoms with van der Waals surface area (Å²) in [7, 11) is 0. The van der Waals surface area contributed by atoms with E-state index in [-0.39, 0.29) is 23.1 Å². The first-order valence-electron chi connectivity index (χ1n) is 7.05. The van der Waals surface area contributed by atoms with Crippen LogP contribution in [0.15, 0.2) is 42.5 Å². The summed E-state index contributed by atoms with van der Waals surface area (Å²) in [5.74, 6) is -0.0833. The highest BCUT2D eigenvalue weighted by Gasteiger charge is 2.16. The molecule has 0 aliphatic heterocycles. The van der Waals surface area contributed by atoms with Gasteiger partial charge in [0, 0.05) is 22.9 Å². The van der Waals surface area contributed by atoms with E-state index in [1.54, 1.807) is 19.1 Å². The number of aryl methyl sites for hydroxylation is 1. The molecule has 0 fully saturated rings. The van der Waals surface area contributed by atoms with Gasteiger partial charge in [-0.2, -0.15) is 0 Å². The van der Waals surface area contributed by atoms with Gasteiger partial charge in [-0.1, -0.05) is 38.1 Å². The summed E-state index contributed by atoms with van der Waals surface area (Å²) in [6, 6.07) is 12.0. The SMILES string of the molecule is Cc1ccc(C(=O)Nc2ccccc2C(C)C)cc1[N+](=O)[O-]. The Bertz CT molecular complexity index is 724. The fraction of sp³-hybridized carbons (Fsp3) is 0.235. The van der Waals surface area contributed by atoms with Crippen molar-refractivity contribution < 1.29 is 9.72 Å². The summed E-state index contributed by atoms with van der Waals surface area (Å²) in [5.41, 5.74) is 2.51. The molecule has 0 aliphatic carbocycles. The van der Waals surface area contributed by atoms with Crippen LogP contribution in [0.3, 0.4) is 0 Å². The molecule has 2 rings (SSSR count). The lowest BCUT2D eigenvalue weighted by molar-refractivity contribution is -0.385. The lowest BCUT2D eigenvalue weighted by Gasteiger charge is -2.13. The number of carbonyl (C=O) groups is 1. The number of nitro benzene ring substituents is 1. The Morgan fingerprint density at radius 3 is 2.50 bits per heavy atom. The third kappa shape index (κ3) is 3.31. The van der Waals surface area contributed by atoms with Gasteiger partial charge in [0.1, 0.15) is 0 Å². The number of hydrogen-bond acceptors (Lipinski definition) is 3. The highest BCUT2D eigenvalue weighted by molar-refractivity contribution is 6.05. The lowest BCUT2D eigenvalue weighted by Crippen LogP contribution is -2.14. The molecule has 1 N–H and O–H groups in total. The van der Waals surface area contributed by atoms with Crippen LogP contribution in [-0.2, 0) is 0 Å². The highest BCUT2D eigenvalue weighted by atomic mass is 16.6. The molecule has 5 heteroatoms. The summed E-state index contributed by atoms with van der Waals surface area (Å²) in [6.45, 7) is 5.73. The number of benzene rings is 2. The zero-order valence-electron chi connectivity index (χ0n) is 12.8. The van der Waals surface area contributed by atoms with Gasteiger partial charge in [0.25, 0.3) is 11.6 Å². The number of rotatable bonds is 4. The van der Waals surface area contributed by atoms with Gasteiger partial charge in [-0.05, 0) is 30.5 Å². The van der Waals surface area contributed by atoms with Crippen LogP contribution in [0, 0.1) is 17.0 Å². The number of nitrogens with zero attached hydrogens (tertiary/aromatic N) is 1. The third-order valence-electron chi connectivity index (χ3n) is 3.50. The van der Waals surface area contributed by atoms with E-state index in [0.717, 1.165) is 11.3 Å². The average Bonchev–Trinajstić information content (AvgIpc) is 2.47. The second kappa shape index (κ2) is 6.39. The molecule has 114 valence electrons. The Morgan fingerprint density at radius 1 is 1.18 bits per heavy atom. The maximum Gasteiger partial charge on any atom is 0.273 e. The van der Waals surface area contributed by atoms with E-state index >= 15 is 0 Å². The summed E-state index contributed by atoms with van der Waals surface area (Å²) in [4.78, 5) is 22.8. The van der Waals surface area contributed by atoms with Gasteiger partial charge in [-0.3, -0.25) is 14.9 Å². The number of amides is 1. The molecular formula is C17H18N2O3. The van der Waals surface area contributed by atoms with E-state index in [1.807, 2.05) is 38.1 Å². The number of nitro groups is 1. The highest BCUT2D eigenvalue weighted by Crippen LogP contribution is 2.25. The van der Waals surface area contributed by atoms with Crippen LogP contribution in [0.4, 0.5) is 11.4 Å². The Labute approximate surface area is 129 Å². The Kier molecular flexibility index (Phi) is 4.56. The molecule has 0 spiro atoms. The second-order valence-corrected chi connectivity index (χ2v) is 5.45. The van der Waals surface area contributed by atoms with E-state index < -0.39 is 4.92 Å². The largest absolute Gasteiger partial charge is 0.322 e. The first-order valence-corrected chi connectivity index (χ1v) is 7.05. The standard InChI is InChI=1S/C17H18N2O3/c1-11(2)14-6-4-5-7-15(14)18-17(20)13-9-8-12(3)16(10-13)19(21)22/h4-11H,1-3H3,(H,18,20). The van der Waals surface area contributed by atoms with Crippen molar-refractivity contribution in [1.82, 2.24) is 0 Å². The van der Waals surface area contributed by atoms with E-state index in [1.165, 1.54) is 6.07 Å². The molecule has 0 saturated carbocycles. The molecule has 2 aromatic rings. The smallest absolute Gasteiger partial charge is 0.273 e. The van der Waals surface area contributed by atoms with Crippen LogP contribution in [-0.4, -0.2) is 10.8 Å². The molecule has 0 atom stereocenters. The first kappa shape index (κ1) is 15.7. The monoisotopic (exact) mass is 298 g/mol. The molecule has 0 aliphatic rings. The van der Waals surface area contributed by atoms with Gasteiger partial charge < -0.3 is 5.32 Å². The van der Waals surface area contributed by atoms with Crippen molar-refractivity contribution in [1.29, 1.82) is 0 Å². The zero-order chi connectivity index (χ0) is 16.3. The van der Waals surface area contributed by atoms with Crippen molar-refractivity contribution in [2.75, 3.05) is 5.32 Å². The lowest BCUT2D eigenvalue weighted by atomic mass is 10.0. The normalized spacial score (nSPS) is 10.5. The van der Waals surface area contributed by atoms with Gasteiger partial charge in [-0.25, -0.2) is 0 Å². The molecule has 22 heavy (non-hydrogen) atoms. The molecule has 0 heterocycles. The Morgan fingerprint density at radius 2 is 1.86 bits per heavy atom. The van der Waals surface area contributed by atoms with Crippen molar-refractivity contribution >= 4 is 17.3 Å². The predicted molar refractivity (Wildman–Crippen MR) is 86.3 cm³/mol. The van der Waals surface area contributed by atoms with Crippen LogP contribution < -0.4 is 5.32 Å². The number of carbonyl (C=O) groups excluding carboxylic acids is 1.